The van der Waals surface area contributed by atoms with E-state index in [1.165, 1.54) is 6.07 Å². The van der Waals surface area contributed by atoms with Crippen LogP contribution in [0.1, 0.15) is 23.2 Å². The Kier molecular flexibility index (Phi) is 4.55. The Balaban J connectivity index is 2.18. The van der Waals surface area contributed by atoms with Gasteiger partial charge in [0, 0.05) is 11.0 Å². The van der Waals surface area contributed by atoms with Crippen LogP contribution in [0.5, 0.6) is 0 Å². The van der Waals surface area contributed by atoms with E-state index in [-0.39, 0.29) is 17.4 Å². The minimum Gasteiger partial charge on any atom is -0.478 e. The molecule has 0 bridgehead atoms. The summed E-state index contributed by atoms with van der Waals surface area (Å²) in [6.45, 7) is 1.57. The first-order valence-corrected chi connectivity index (χ1v) is 6.92. The zero-order chi connectivity index (χ0) is 13.8. The average molecular weight is 327 g/mol. The smallest absolute Gasteiger partial charge is 0.337 e. The SMILES string of the molecule is O=C(O)c1cccc(Br)c1NC(=O)C1CCCNC1. The van der Waals surface area contributed by atoms with Crippen molar-refractivity contribution < 1.29 is 14.7 Å². The maximum Gasteiger partial charge on any atom is 0.337 e. The molecule has 3 N–H and O–H groups in total. The van der Waals surface area contributed by atoms with Gasteiger partial charge in [-0.15, -0.1) is 0 Å². The molecule has 1 atom stereocenters. The van der Waals surface area contributed by atoms with Gasteiger partial charge in [-0.25, -0.2) is 4.79 Å². The molecule has 0 spiro atoms. The van der Waals surface area contributed by atoms with Crippen LogP contribution in [0, 0.1) is 5.92 Å². The maximum absolute atomic E-state index is 12.1. The summed E-state index contributed by atoms with van der Waals surface area (Å²) in [5.74, 6) is -1.30. The number of carbonyl (C=O) groups is 2. The number of carboxylic acid groups (broad SMARTS) is 1. The number of anilines is 1. The predicted molar refractivity (Wildman–Crippen MR) is 75.3 cm³/mol. The Hall–Kier alpha value is -1.40. The van der Waals surface area contributed by atoms with E-state index in [2.05, 4.69) is 26.6 Å². The van der Waals surface area contributed by atoms with Gasteiger partial charge in [0.2, 0.25) is 5.91 Å². The Bertz CT molecular complexity index is 499. The van der Waals surface area contributed by atoms with Crippen molar-refractivity contribution in [3.63, 3.8) is 0 Å². The number of para-hydroxylation sites is 1. The molecule has 1 aromatic rings. The van der Waals surface area contributed by atoms with Crippen molar-refractivity contribution in [3.8, 4) is 0 Å². The summed E-state index contributed by atoms with van der Waals surface area (Å²) in [7, 11) is 0. The number of aromatic carboxylic acids is 1. The highest BCUT2D eigenvalue weighted by molar-refractivity contribution is 9.10. The number of nitrogens with one attached hydrogen (secondary N) is 2. The molecule has 1 heterocycles. The number of piperidine rings is 1. The number of carboxylic acids is 1. The highest BCUT2D eigenvalue weighted by Gasteiger charge is 2.23. The van der Waals surface area contributed by atoms with Crippen LogP contribution >= 0.6 is 15.9 Å². The van der Waals surface area contributed by atoms with Gasteiger partial charge >= 0.3 is 5.97 Å². The Labute approximate surface area is 119 Å². The molecule has 1 fully saturated rings. The summed E-state index contributed by atoms with van der Waals surface area (Å²) in [6.07, 6.45) is 1.78. The minimum absolute atomic E-state index is 0.0893. The molecule has 1 aliphatic rings. The first kappa shape index (κ1) is 14.0. The fourth-order valence-electron chi connectivity index (χ4n) is 2.13. The topological polar surface area (TPSA) is 78.4 Å². The minimum atomic E-state index is -1.06. The van der Waals surface area contributed by atoms with Gasteiger partial charge in [-0.1, -0.05) is 6.07 Å². The first-order chi connectivity index (χ1) is 9.09. The van der Waals surface area contributed by atoms with Crippen molar-refractivity contribution in [2.45, 2.75) is 12.8 Å². The van der Waals surface area contributed by atoms with Crippen LogP contribution in [0.25, 0.3) is 0 Å². The van der Waals surface area contributed by atoms with E-state index in [9.17, 15) is 9.59 Å². The lowest BCUT2D eigenvalue weighted by atomic mass is 9.98. The van der Waals surface area contributed by atoms with Crippen LogP contribution in [0.15, 0.2) is 22.7 Å². The first-order valence-electron chi connectivity index (χ1n) is 6.13. The summed E-state index contributed by atoms with van der Waals surface area (Å²) >= 11 is 3.27. The molecule has 0 radical (unpaired) electrons. The van der Waals surface area contributed by atoms with E-state index in [0.29, 0.717) is 16.7 Å². The van der Waals surface area contributed by atoms with Gasteiger partial charge in [-0.05, 0) is 47.4 Å². The molecular weight excluding hydrogens is 312 g/mol. The second-order valence-corrected chi connectivity index (χ2v) is 5.35. The van der Waals surface area contributed by atoms with E-state index in [4.69, 9.17) is 5.11 Å². The number of benzene rings is 1. The molecule has 0 aromatic heterocycles. The Morgan fingerprint density at radius 2 is 2.21 bits per heavy atom. The van der Waals surface area contributed by atoms with Gasteiger partial charge in [0.05, 0.1) is 17.2 Å². The Morgan fingerprint density at radius 1 is 1.42 bits per heavy atom. The molecule has 1 aliphatic heterocycles. The van der Waals surface area contributed by atoms with Gasteiger partial charge in [0.15, 0.2) is 0 Å². The molecule has 5 nitrogen and oxygen atoms in total. The van der Waals surface area contributed by atoms with Crippen molar-refractivity contribution in [2.75, 3.05) is 18.4 Å². The molecule has 0 aliphatic carbocycles. The quantitative estimate of drug-likeness (QED) is 0.794. The van der Waals surface area contributed by atoms with Crippen molar-refractivity contribution in [1.29, 1.82) is 0 Å². The van der Waals surface area contributed by atoms with Crippen LogP contribution in [0.3, 0.4) is 0 Å². The van der Waals surface area contributed by atoms with Gasteiger partial charge in [-0.3, -0.25) is 4.79 Å². The van der Waals surface area contributed by atoms with Gasteiger partial charge in [-0.2, -0.15) is 0 Å². The second-order valence-electron chi connectivity index (χ2n) is 4.50. The van der Waals surface area contributed by atoms with Crippen LogP contribution in [0.2, 0.25) is 0 Å². The number of amides is 1. The summed E-state index contributed by atoms with van der Waals surface area (Å²) in [5.41, 5.74) is 0.414. The van der Waals surface area contributed by atoms with Crippen molar-refractivity contribution in [3.05, 3.63) is 28.2 Å². The molecule has 102 valence electrons. The van der Waals surface area contributed by atoms with E-state index >= 15 is 0 Å². The summed E-state index contributed by atoms with van der Waals surface area (Å²) in [4.78, 5) is 23.3. The lowest BCUT2D eigenvalue weighted by Crippen LogP contribution is -2.37. The van der Waals surface area contributed by atoms with Crippen LogP contribution in [-0.4, -0.2) is 30.1 Å². The van der Waals surface area contributed by atoms with Crippen molar-refractivity contribution in [2.24, 2.45) is 5.92 Å². The second kappa shape index (κ2) is 6.16. The molecule has 19 heavy (non-hydrogen) atoms. The van der Waals surface area contributed by atoms with Crippen molar-refractivity contribution in [1.82, 2.24) is 5.32 Å². The molecule has 2 rings (SSSR count). The molecule has 6 heteroatoms. The summed E-state index contributed by atoms with van der Waals surface area (Å²) < 4.78 is 0.574. The highest BCUT2D eigenvalue weighted by Crippen LogP contribution is 2.27. The lowest BCUT2D eigenvalue weighted by molar-refractivity contribution is -0.120. The third-order valence-corrected chi connectivity index (χ3v) is 3.82. The number of rotatable bonds is 3. The largest absolute Gasteiger partial charge is 0.478 e. The number of hydrogen-bond donors (Lipinski definition) is 3. The van der Waals surface area contributed by atoms with Crippen LogP contribution in [-0.2, 0) is 4.79 Å². The lowest BCUT2D eigenvalue weighted by Gasteiger charge is -2.22. The van der Waals surface area contributed by atoms with E-state index in [1.807, 2.05) is 0 Å². The molecular formula is C13H15BrN2O3. The van der Waals surface area contributed by atoms with E-state index < -0.39 is 5.97 Å². The standard InChI is InChI=1S/C13H15BrN2O3/c14-10-5-1-4-9(13(18)19)11(10)16-12(17)8-3-2-6-15-7-8/h1,4-5,8,15H,2-3,6-7H2,(H,16,17)(H,18,19). The van der Waals surface area contributed by atoms with Gasteiger partial charge in [0.1, 0.15) is 0 Å². The van der Waals surface area contributed by atoms with Gasteiger partial charge in [0.25, 0.3) is 0 Å². The average Bonchev–Trinajstić information content (AvgIpc) is 2.41. The third kappa shape index (κ3) is 3.33. The highest BCUT2D eigenvalue weighted by atomic mass is 79.9. The number of halogens is 1. The van der Waals surface area contributed by atoms with Gasteiger partial charge < -0.3 is 15.7 Å². The molecule has 1 amide bonds. The maximum atomic E-state index is 12.1. The van der Waals surface area contributed by atoms with Crippen LogP contribution < -0.4 is 10.6 Å². The molecule has 1 unspecified atom stereocenters. The Morgan fingerprint density at radius 3 is 2.84 bits per heavy atom. The van der Waals surface area contributed by atoms with E-state index in [1.54, 1.807) is 12.1 Å². The fourth-order valence-corrected chi connectivity index (χ4v) is 2.60. The zero-order valence-electron chi connectivity index (χ0n) is 10.3. The predicted octanol–water partition coefficient (Wildman–Crippen LogP) is 2.09. The number of carbonyl (C=O) groups excluding carboxylic acids is 1. The summed E-state index contributed by atoms with van der Waals surface area (Å²) in [6, 6.07) is 4.81. The molecule has 1 aromatic carbocycles. The molecule has 0 saturated carbocycles. The zero-order valence-corrected chi connectivity index (χ0v) is 11.9. The monoisotopic (exact) mass is 326 g/mol. The molecule has 1 saturated heterocycles. The normalized spacial score (nSPS) is 18.9. The fraction of sp³-hybridized carbons (Fsp3) is 0.385. The summed E-state index contributed by atoms with van der Waals surface area (Å²) in [5, 5.41) is 15.0. The van der Waals surface area contributed by atoms with E-state index in [0.717, 1.165) is 19.4 Å². The number of hydrogen-bond acceptors (Lipinski definition) is 3. The third-order valence-electron chi connectivity index (χ3n) is 3.16. The van der Waals surface area contributed by atoms with Crippen LogP contribution in [0.4, 0.5) is 5.69 Å². The van der Waals surface area contributed by atoms with Crippen molar-refractivity contribution >= 4 is 33.5 Å².